The molecule has 0 bridgehead atoms. The van der Waals surface area contributed by atoms with E-state index in [0.29, 0.717) is 18.2 Å². The molecule has 0 aromatic carbocycles. The van der Waals surface area contributed by atoms with Crippen molar-refractivity contribution in [3.05, 3.63) is 0 Å². The van der Waals surface area contributed by atoms with Crippen molar-refractivity contribution in [3.63, 3.8) is 0 Å². The Labute approximate surface area is 88.8 Å². The molecule has 0 amide bonds. The van der Waals surface area contributed by atoms with Crippen LogP contribution in [0.4, 0.5) is 0 Å². The first-order valence-corrected chi connectivity index (χ1v) is 5.48. The lowest BCUT2D eigenvalue weighted by Gasteiger charge is -2.29. The van der Waals surface area contributed by atoms with Crippen molar-refractivity contribution in [2.75, 3.05) is 27.2 Å². The van der Waals surface area contributed by atoms with Crippen LogP contribution in [0.1, 0.15) is 27.7 Å². The Hall–Kier alpha value is -0.120. The molecule has 14 heavy (non-hydrogen) atoms. The molecule has 2 unspecified atom stereocenters. The third-order valence-corrected chi connectivity index (χ3v) is 2.77. The molecule has 0 spiro atoms. The van der Waals surface area contributed by atoms with Crippen molar-refractivity contribution in [1.82, 2.24) is 10.2 Å². The maximum Gasteiger partial charge on any atom is 0.0596 e. The molecule has 0 rings (SSSR count). The maximum atomic E-state index is 5.51. The largest absolute Gasteiger partial charge is 0.377 e. The van der Waals surface area contributed by atoms with Gasteiger partial charge in [-0.25, -0.2) is 0 Å². The summed E-state index contributed by atoms with van der Waals surface area (Å²) >= 11 is 0. The second-order valence-corrected chi connectivity index (χ2v) is 4.22. The van der Waals surface area contributed by atoms with Crippen LogP contribution < -0.4 is 5.32 Å². The summed E-state index contributed by atoms with van der Waals surface area (Å²) in [7, 11) is 4.14. The van der Waals surface area contributed by atoms with Gasteiger partial charge >= 0.3 is 0 Å². The molecule has 0 aliphatic rings. The minimum atomic E-state index is 0.334. The lowest BCUT2D eigenvalue weighted by atomic mass is 10.1. The highest BCUT2D eigenvalue weighted by molar-refractivity contribution is 4.74. The van der Waals surface area contributed by atoms with Crippen LogP contribution in [-0.4, -0.2) is 50.3 Å². The molecule has 86 valence electrons. The summed E-state index contributed by atoms with van der Waals surface area (Å²) in [5, 5.41) is 3.26. The highest BCUT2D eigenvalue weighted by Crippen LogP contribution is 2.01. The molecule has 0 fully saturated rings. The molecule has 3 nitrogen and oxygen atoms in total. The van der Waals surface area contributed by atoms with E-state index in [4.69, 9.17) is 4.74 Å². The van der Waals surface area contributed by atoms with Crippen LogP contribution in [0, 0.1) is 0 Å². The Morgan fingerprint density at radius 1 is 1.21 bits per heavy atom. The number of ether oxygens (including phenoxy) is 1. The predicted octanol–water partition coefficient (Wildman–Crippen LogP) is 1.34. The molecule has 0 saturated carbocycles. The van der Waals surface area contributed by atoms with Gasteiger partial charge in [-0.3, -0.25) is 4.90 Å². The second-order valence-electron chi connectivity index (χ2n) is 4.22. The van der Waals surface area contributed by atoms with E-state index >= 15 is 0 Å². The summed E-state index contributed by atoms with van der Waals surface area (Å²) in [5.74, 6) is 0. The third kappa shape index (κ3) is 5.58. The van der Waals surface area contributed by atoms with Gasteiger partial charge in [0.25, 0.3) is 0 Å². The predicted molar refractivity (Wildman–Crippen MR) is 61.7 cm³/mol. The summed E-state index contributed by atoms with van der Waals surface area (Å²) < 4.78 is 5.51. The number of likely N-dealkylation sites (N-methyl/N-ethyl adjacent to an activating group) is 2. The van der Waals surface area contributed by atoms with E-state index in [1.807, 2.05) is 7.05 Å². The molecule has 0 saturated heterocycles. The molecule has 2 atom stereocenters. The Bertz CT molecular complexity index is 139. The first kappa shape index (κ1) is 13.9. The third-order valence-electron chi connectivity index (χ3n) is 2.77. The van der Waals surface area contributed by atoms with Crippen molar-refractivity contribution < 1.29 is 4.74 Å². The monoisotopic (exact) mass is 202 g/mol. The van der Waals surface area contributed by atoms with Gasteiger partial charge in [0, 0.05) is 18.6 Å². The Balaban J connectivity index is 3.67. The molecule has 3 heteroatoms. The summed E-state index contributed by atoms with van der Waals surface area (Å²) in [6.07, 6.45) is 0.334. The molecule has 0 heterocycles. The summed E-state index contributed by atoms with van der Waals surface area (Å²) in [4.78, 5) is 2.32. The minimum absolute atomic E-state index is 0.334. The average Bonchev–Trinajstić information content (AvgIpc) is 2.14. The molecular formula is C11H26N2O. The smallest absolute Gasteiger partial charge is 0.0596 e. The average molecular weight is 202 g/mol. The van der Waals surface area contributed by atoms with E-state index in [0.717, 1.165) is 13.2 Å². The molecule has 0 aliphatic heterocycles. The van der Waals surface area contributed by atoms with Crippen LogP contribution in [0.5, 0.6) is 0 Å². The number of rotatable bonds is 7. The molecule has 0 aromatic heterocycles. The zero-order valence-corrected chi connectivity index (χ0v) is 10.5. The SMILES string of the molecule is CNC(C)C(C)N(C)CCOC(C)C. The first-order chi connectivity index (χ1) is 6.49. The standard InChI is InChI=1S/C11H26N2O/c1-9(2)14-8-7-13(6)11(4)10(3)12-5/h9-12H,7-8H2,1-6H3. The zero-order chi connectivity index (χ0) is 11.1. The van der Waals surface area contributed by atoms with Crippen LogP contribution in [0.3, 0.4) is 0 Å². The van der Waals surface area contributed by atoms with Gasteiger partial charge in [0.15, 0.2) is 0 Å². The van der Waals surface area contributed by atoms with Crippen LogP contribution in [0.2, 0.25) is 0 Å². The molecule has 1 N–H and O–H groups in total. The van der Waals surface area contributed by atoms with Gasteiger partial charge in [-0.2, -0.15) is 0 Å². The number of hydrogen-bond donors (Lipinski definition) is 1. The lowest BCUT2D eigenvalue weighted by molar-refractivity contribution is 0.0545. The fraction of sp³-hybridized carbons (Fsp3) is 1.00. The van der Waals surface area contributed by atoms with Gasteiger partial charge in [-0.05, 0) is 41.8 Å². The first-order valence-electron chi connectivity index (χ1n) is 5.48. The summed E-state index contributed by atoms with van der Waals surface area (Å²) in [6, 6.07) is 1.05. The molecule has 0 aliphatic carbocycles. The van der Waals surface area contributed by atoms with Crippen LogP contribution >= 0.6 is 0 Å². The molecule has 0 radical (unpaired) electrons. The van der Waals surface area contributed by atoms with Gasteiger partial charge in [0.05, 0.1) is 12.7 Å². The van der Waals surface area contributed by atoms with Gasteiger partial charge < -0.3 is 10.1 Å². The zero-order valence-electron chi connectivity index (χ0n) is 10.5. The van der Waals surface area contributed by atoms with E-state index in [2.05, 4.69) is 45.0 Å². The second kappa shape index (κ2) is 7.21. The summed E-state index contributed by atoms with van der Waals surface area (Å²) in [5.41, 5.74) is 0. The Morgan fingerprint density at radius 2 is 1.79 bits per heavy atom. The normalized spacial score (nSPS) is 16.3. The van der Waals surface area contributed by atoms with E-state index in [9.17, 15) is 0 Å². The van der Waals surface area contributed by atoms with E-state index in [1.165, 1.54) is 0 Å². The number of nitrogens with zero attached hydrogens (tertiary/aromatic N) is 1. The molecular weight excluding hydrogens is 176 g/mol. The Kier molecular flexibility index (Phi) is 7.15. The highest BCUT2D eigenvalue weighted by Gasteiger charge is 2.14. The van der Waals surface area contributed by atoms with Crippen LogP contribution in [0.15, 0.2) is 0 Å². The van der Waals surface area contributed by atoms with Crippen molar-refractivity contribution in [2.24, 2.45) is 0 Å². The fourth-order valence-electron chi connectivity index (χ4n) is 1.26. The topological polar surface area (TPSA) is 24.5 Å². The van der Waals surface area contributed by atoms with E-state index in [-0.39, 0.29) is 0 Å². The fourth-order valence-corrected chi connectivity index (χ4v) is 1.26. The van der Waals surface area contributed by atoms with Gasteiger partial charge in [0.2, 0.25) is 0 Å². The van der Waals surface area contributed by atoms with E-state index < -0.39 is 0 Å². The Morgan fingerprint density at radius 3 is 2.21 bits per heavy atom. The van der Waals surface area contributed by atoms with Crippen LogP contribution in [0.25, 0.3) is 0 Å². The van der Waals surface area contributed by atoms with Gasteiger partial charge in [-0.1, -0.05) is 0 Å². The maximum absolute atomic E-state index is 5.51. The van der Waals surface area contributed by atoms with Crippen molar-refractivity contribution in [3.8, 4) is 0 Å². The number of hydrogen-bond acceptors (Lipinski definition) is 3. The van der Waals surface area contributed by atoms with Gasteiger partial charge in [0.1, 0.15) is 0 Å². The molecule has 0 aromatic rings. The lowest BCUT2D eigenvalue weighted by Crippen LogP contribution is -2.45. The quantitative estimate of drug-likeness (QED) is 0.674. The summed E-state index contributed by atoms with van der Waals surface area (Å²) in [6.45, 7) is 10.4. The van der Waals surface area contributed by atoms with Crippen molar-refractivity contribution >= 4 is 0 Å². The minimum Gasteiger partial charge on any atom is -0.377 e. The van der Waals surface area contributed by atoms with Crippen molar-refractivity contribution in [2.45, 2.75) is 45.9 Å². The number of nitrogens with one attached hydrogen (secondary N) is 1. The van der Waals surface area contributed by atoms with Crippen LogP contribution in [-0.2, 0) is 4.74 Å². The van der Waals surface area contributed by atoms with Gasteiger partial charge in [-0.15, -0.1) is 0 Å². The van der Waals surface area contributed by atoms with E-state index in [1.54, 1.807) is 0 Å². The van der Waals surface area contributed by atoms with Crippen molar-refractivity contribution in [1.29, 1.82) is 0 Å². The highest BCUT2D eigenvalue weighted by atomic mass is 16.5.